The Labute approximate surface area is 193 Å². The summed E-state index contributed by atoms with van der Waals surface area (Å²) in [6.07, 6.45) is 1.92. The second-order valence-corrected chi connectivity index (χ2v) is 8.03. The minimum absolute atomic E-state index is 0.0115. The fraction of sp³-hybridized carbons (Fsp3) is 0.440. The maximum Gasteiger partial charge on any atom is 0.337 e. The van der Waals surface area contributed by atoms with Crippen LogP contribution in [0.4, 0.5) is 0 Å². The topological polar surface area (TPSA) is 83.5 Å². The Morgan fingerprint density at radius 1 is 1.06 bits per heavy atom. The number of rotatable bonds is 7. The van der Waals surface area contributed by atoms with Gasteiger partial charge in [0.2, 0.25) is 0 Å². The molecule has 8 heteroatoms. The highest BCUT2D eigenvalue weighted by Gasteiger charge is 2.37. The van der Waals surface area contributed by atoms with Gasteiger partial charge in [0.1, 0.15) is 18.5 Å². The molecule has 2 aromatic carbocycles. The van der Waals surface area contributed by atoms with E-state index >= 15 is 0 Å². The van der Waals surface area contributed by atoms with Crippen LogP contribution in [-0.2, 0) is 20.7 Å². The summed E-state index contributed by atoms with van der Waals surface area (Å²) in [5.74, 6) is 1.45. The van der Waals surface area contributed by atoms with Crippen molar-refractivity contribution >= 4 is 11.9 Å². The van der Waals surface area contributed by atoms with Crippen molar-refractivity contribution in [1.29, 1.82) is 0 Å². The SMILES string of the molecule is COC(=O)c1ccc(OCC2c3cc(OC)c(OC)cc3CCN2C(=O)C2CCCO2)cc1. The molecule has 0 saturated carbocycles. The molecule has 2 unspecified atom stereocenters. The van der Waals surface area contributed by atoms with Gasteiger partial charge in [0.25, 0.3) is 5.91 Å². The molecular weight excluding hydrogens is 426 g/mol. The van der Waals surface area contributed by atoms with Crippen molar-refractivity contribution in [3.63, 3.8) is 0 Å². The summed E-state index contributed by atoms with van der Waals surface area (Å²) < 4.78 is 27.5. The largest absolute Gasteiger partial charge is 0.493 e. The van der Waals surface area contributed by atoms with Crippen LogP contribution < -0.4 is 14.2 Å². The zero-order chi connectivity index (χ0) is 23.4. The molecule has 1 fully saturated rings. The lowest BCUT2D eigenvalue weighted by atomic mass is 9.91. The van der Waals surface area contributed by atoms with Crippen molar-refractivity contribution < 1.29 is 33.3 Å². The number of benzene rings is 2. The number of carbonyl (C=O) groups excluding carboxylic acids is 2. The van der Waals surface area contributed by atoms with Crippen molar-refractivity contribution in [2.45, 2.75) is 31.4 Å². The number of hydrogen-bond acceptors (Lipinski definition) is 7. The maximum absolute atomic E-state index is 13.3. The number of hydrogen-bond donors (Lipinski definition) is 0. The first-order valence-corrected chi connectivity index (χ1v) is 11.0. The van der Waals surface area contributed by atoms with E-state index in [0.717, 1.165) is 24.0 Å². The van der Waals surface area contributed by atoms with Crippen LogP contribution in [0.15, 0.2) is 36.4 Å². The van der Waals surface area contributed by atoms with E-state index in [1.54, 1.807) is 38.5 Å². The summed E-state index contributed by atoms with van der Waals surface area (Å²) >= 11 is 0. The van der Waals surface area contributed by atoms with E-state index in [9.17, 15) is 9.59 Å². The van der Waals surface area contributed by atoms with Gasteiger partial charge < -0.3 is 28.6 Å². The number of nitrogens with zero attached hydrogens (tertiary/aromatic N) is 1. The molecule has 2 heterocycles. The monoisotopic (exact) mass is 455 g/mol. The highest BCUT2D eigenvalue weighted by Crippen LogP contribution is 2.39. The summed E-state index contributed by atoms with van der Waals surface area (Å²) in [5, 5.41) is 0. The molecule has 2 aliphatic heterocycles. The lowest BCUT2D eigenvalue weighted by Crippen LogP contribution is -2.46. The van der Waals surface area contributed by atoms with Crippen LogP contribution in [0.25, 0.3) is 0 Å². The molecule has 0 bridgehead atoms. The van der Waals surface area contributed by atoms with Gasteiger partial charge in [-0.05, 0) is 66.8 Å². The molecule has 1 amide bonds. The molecule has 0 aliphatic carbocycles. The van der Waals surface area contributed by atoms with Crippen LogP contribution in [-0.4, -0.2) is 64.0 Å². The summed E-state index contributed by atoms with van der Waals surface area (Å²) in [6.45, 7) is 1.43. The number of amides is 1. The molecule has 4 rings (SSSR count). The third-order valence-corrected chi connectivity index (χ3v) is 6.17. The molecule has 0 spiro atoms. The molecule has 1 saturated heterocycles. The zero-order valence-electron chi connectivity index (χ0n) is 19.2. The number of carbonyl (C=O) groups is 2. The second kappa shape index (κ2) is 10.1. The van der Waals surface area contributed by atoms with Gasteiger partial charge in [0.15, 0.2) is 11.5 Å². The molecule has 0 radical (unpaired) electrons. The van der Waals surface area contributed by atoms with Gasteiger partial charge >= 0.3 is 5.97 Å². The number of fused-ring (bicyclic) bond motifs is 1. The van der Waals surface area contributed by atoms with Crippen LogP contribution in [0.2, 0.25) is 0 Å². The average Bonchev–Trinajstić information content (AvgIpc) is 3.40. The highest BCUT2D eigenvalue weighted by atomic mass is 16.5. The van der Waals surface area contributed by atoms with Gasteiger partial charge in [0.05, 0.1) is 32.9 Å². The molecule has 2 aliphatic rings. The Hall–Kier alpha value is -3.26. The first kappa shape index (κ1) is 22.9. The smallest absolute Gasteiger partial charge is 0.337 e. The van der Waals surface area contributed by atoms with Gasteiger partial charge in [0, 0.05) is 13.2 Å². The van der Waals surface area contributed by atoms with E-state index in [-0.39, 0.29) is 18.6 Å². The lowest BCUT2D eigenvalue weighted by molar-refractivity contribution is -0.144. The molecule has 2 atom stereocenters. The van der Waals surface area contributed by atoms with Crippen LogP contribution >= 0.6 is 0 Å². The van der Waals surface area contributed by atoms with E-state index < -0.39 is 12.1 Å². The molecule has 176 valence electrons. The van der Waals surface area contributed by atoms with Gasteiger partial charge in [-0.15, -0.1) is 0 Å². The average molecular weight is 456 g/mol. The Bertz CT molecular complexity index is 999. The van der Waals surface area contributed by atoms with Gasteiger partial charge in [-0.25, -0.2) is 4.79 Å². The van der Waals surface area contributed by atoms with Crippen molar-refractivity contribution in [3.05, 3.63) is 53.1 Å². The Balaban J connectivity index is 1.61. The van der Waals surface area contributed by atoms with Crippen LogP contribution in [0.3, 0.4) is 0 Å². The van der Waals surface area contributed by atoms with Gasteiger partial charge in [-0.2, -0.15) is 0 Å². The minimum atomic E-state index is -0.409. The number of esters is 1. The van der Waals surface area contributed by atoms with Gasteiger partial charge in [-0.3, -0.25) is 4.79 Å². The number of methoxy groups -OCH3 is 3. The molecule has 2 aromatic rings. The highest BCUT2D eigenvalue weighted by molar-refractivity contribution is 5.89. The normalized spacial score (nSPS) is 19.5. The van der Waals surface area contributed by atoms with Crippen LogP contribution in [0.1, 0.15) is 40.4 Å². The fourth-order valence-corrected chi connectivity index (χ4v) is 4.41. The number of ether oxygens (including phenoxy) is 5. The predicted molar refractivity (Wildman–Crippen MR) is 120 cm³/mol. The van der Waals surface area contributed by atoms with Crippen LogP contribution in [0.5, 0.6) is 17.2 Å². The van der Waals surface area contributed by atoms with E-state index in [0.29, 0.717) is 42.4 Å². The molecule has 0 N–H and O–H groups in total. The molecular formula is C25H29NO7. The second-order valence-electron chi connectivity index (χ2n) is 8.03. The van der Waals surface area contributed by atoms with Crippen molar-refractivity contribution in [1.82, 2.24) is 4.90 Å². The summed E-state index contributed by atoms with van der Waals surface area (Å²) in [4.78, 5) is 26.8. The third-order valence-electron chi connectivity index (χ3n) is 6.17. The van der Waals surface area contributed by atoms with Crippen LogP contribution in [0, 0.1) is 0 Å². The predicted octanol–water partition coefficient (Wildman–Crippen LogP) is 3.17. The molecule has 8 nitrogen and oxygen atoms in total. The Kier molecular flexibility index (Phi) is 7.03. The van der Waals surface area contributed by atoms with E-state index in [1.165, 1.54) is 7.11 Å². The fourth-order valence-electron chi connectivity index (χ4n) is 4.41. The van der Waals surface area contributed by atoms with Crippen molar-refractivity contribution in [2.24, 2.45) is 0 Å². The first-order chi connectivity index (χ1) is 16.0. The van der Waals surface area contributed by atoms with Crippen molar-refractivity contribution in [2.75, 3.05) is 41.1 Å². The molecule has 0 aromatic heterocycles. The first-order valence-electron chi connectivity index (χ1n) is 11.0. The summed E-state index contributed by atoms with van der Waals surface area (Å²) in [6, 6.07) is 10.3. The summed E-state index contributed by atoms with van der Waals surface area (Å²) in [5.41, 5.74) is 2.51. The quantitative estimate of drug-likeness (QED) is 0.593. The standard InChI is InChI=1S/C25H29NO7/c1-29-22-13-17-10-11-26(24(27)21-5-4-12-32-21)20(19(17)14-23(22)30-2)15-33-18-8-6-16(7-9-18)25(28)31-3/h6-9,13-14,20-21H,4-5,10-12,15H2,1-3H3. The van der Waals surface area contributed by atoms with Gasteiger partial charge in [-0.1, -0.05) is 0 Å². The maximum atomic E-state index is 13.3. The molecule has 33 heavy (non-hydrogen) atoms. The van der Waals surface area contributed by atoms with E-state index in [1.807, 2.05) is 17.0 Å². The minimum Gasteiger partial charge on any atom is -0.493 e. The van der Waals surface area contributed by atoms with Crippen molar-refractivity contribution in [3.8, 4) is 17.2 Å². The van der Waals surface area contributed by atoms with E-state index in [4.69, 9.17) is 23.7 Å². The lowest BCUT2D eigenvalue weighted by Gasteiger charge is -2.38. The third kappa shape index (κ3) is 4.75. The summed E-state index contributed by atoms with van der Waals surface area (Å²) in [7, 11) is 4.55. The van der Waals surface area contributed by atoms with E-state index in [2.05, 4.69) is 0 Å². The Morgan fingerprint density at radius 3 is 2.42 bits per heavy atom. The Morgan fingerprint density at radius 2 is 1.79 bits per heavy atom. The zero-order valence-corrected chi connectivity index (χ0v) is 19.2.